The molecule has 0 aliphatic heterocycles. The molecule has 0 aromatic rings. The summed E-state index contributed by atoms with van der Waals surface area (Å²) >= 11 is 0. The van der Waals surface area contributed by atoms with Gasteiger partial charge in [-0.3, -0.25) is 9.79 Å². The van der Waals surface area contributed by atoms with Crippen molar-refractivity contribution in [2.24, 2.45) is 16.5 Å². The average Bonchev–Trinajstić information content (AvgIpc) is 2.28. The molecular weight excluding hydrogens is 237 g/mol. The van der Waals surface area contributed by atoms with Gasteiger partial charge in [0.15, 0.2) is 0 Å². The molecule has 0 aliphatic carbocycles. The molecule has 0 rings (SSSR count). The summed E-state index contributed by atoms with van der Waals surface area (Å²) in [6, 6.07) is 0. The van der Waals surface area contributed by atoms with Crippen LogP contribution >= 0.6 is 0 Å². The number of carboxylic acids is 1. The maximum absolute atomic E-state index is 13.1. The zero-order valence-corrected chi connectivity index (χ0v) is 11.5. The van der Waals surface area contributed by atoms with Crippen LogP contribution in [0.4, 0.5) is 4.39 Å². The highest BCUT2D eigenvalue weighted by molar-refractivity contribution is 5.78. The zero-order valence-electron chi connectivity index (χ0n) is 11.5. The highest BCUT2D eigenvalue weighted by Gasteiger charge is 2.27. The Morgan fingerprint density at radius 1 is 1.50 bits per heavy atom. The number of carbonyl (C=O) groups is 1. The van der Waals surface area contributed by atoms with E-state index in [0.717, 1.165) is 0 Å². The van der Waals surface area contributed by atoms with Gasteiger partial charge in [0.1, 0.15) is 5.54 Å². The van der Waals surface area contributed by atoms with E-state index in [1.54, 1.807) is 6.92 Å². The van der Waals surface area contributed by atoms with Gasteiger partial charge in [0, 0.05) is 6.42 Å². The van der Waals surface area contributed by atoms with E-state index in [1.165, 1.54) is 13.0 Å². The molecule has 0 amide bonds. The highest BCUT2D eigenvalue weighted by Crippen LogP contribution is 2.15. The van der Waals surface area contributed by atoms with Crippen LogP contribution in [0.1, 0.15) is 40.5 Å². The van der Waals surface area contributed by atoms with Crippen molar-refractivity contribution >= 4 is 11.8 Å². The smallest absolute Gasteiger partial charge is 0.323 e. The number of nitrogens with zero attached hydrogens (tertiary/aromatic N) is 1. The van der Waals surface area contributed by atoms with Crippen molar-refractivity contribution in [3.05, 3.63) is 11.9 Å². The highest BCUT2D eigenvalue weighted by atomic mass is 19.1. The Bertz CT molecular complexity index is 308. The van der Waals surface area contributed by atoms with Crippen molar-refractivity contribution in [2.45, 2.75) is 46.1 Å². The predicted molar refractivity (Wildman–Crippen MR) is 72.2 cm³/mol. The fraction of sp³-hybridized carbons (Fsp3) is 0.667. The molecule has 6 heteroatoms. The minimum atomic E-state index is -1.40. The van der Waals surface area contributed by atoms with Crippen LogP contribution in [0.5, 0.6) is 0 Å². The summed E-state index contributed by atoms with van der Waals surface area (Å²) in [7, 11) is 0. The predicted octanol–water partition coefficient (Wildman–Crippen LogP) is 1.83. The first-order valence-corrected chi connectivity index (χ1v) is 5.89. The molecule has 0 saturated carbocycles. The number of carboxylic acid groups (broad SMARTS) is 1. The minimum absolute atomic E-state index is 0.0154. The molecule has 0 fully saturated rings. The molecule has 5 nitrogen and oxygen atoms in total. The Morgan fingerprint density at radius 2 is 2.00 bits per heavy atom. The van der Waals surface area contributed by atoms with Crippen molar-refractivity contribution < 1.29 is 14.3 Å². The fourth-order valence-electron chi connectivity index (χ4n) is 0.877. The first-order chi connectivity index (χ1) is 8.25. The van der Waals surface area contributed by atoms with Gasteiger partial charge in [0.25, 0.3) is 0 Å². The van der Waals surface area contributed by atoms with Gasteiger partial charge in [-0.05, 0) is 26.3 Å². The summed E-state index contributed by atoms with van der Waals surface area (Å²) in [6.45, 7) is 7.11. The Morgan fingerprint density at radius 3 is 2.39 bits per heavy atom. The second-order valence-corrected chi connectivity index (χ2v) is 3.86. The number of nitrogens with two attached hydrogens (primary N) is 2. The monoisotopic (exact) mass is 261 g/mol. The fourth-order valence-corrected chi connectivity index (χ4v) is 0.877. The molecule has 5 N–H and O–H groups in total. The lowest BCUT2D eigenvalue weighted by Gasteiger charge is -2.17. The lowest BCUT2D eigenvalue weighted by molar-refractivity contribution is -0.142. The van der Waals surface area contributed by atoms with Crippen LogP contribution in [-0.2, 0) is 4.79 Å². The number of hydrogen-bond donors (Lipinski definition) is 3. The van der Waals surface area contributed by atoms with E-state index in [9.17, 15) is 9.18 Å². The third-order valence-electron chi connectivity index (χ3n) is 2.03. The first-order valence-electron chi connectivity index (χ1n) is 5.89. The number of allylic oxidation sites excluding steroid dienone is 1. The van der Waals surface area contributed by atoms with E-state index in [2.05, 4.69) is 4.99 Å². The standard InChI is InChI=1S/C10H18FN3O2.C2H6/c1-7(12)14-6-4-8(11)3-5-10(2,13)9(15)16;1-2/h4H,3,5-6,13H2,1-2H3,(H2,12,14)(H,15,16);1-2H3/b8-4+;. The van der Waals surface area contributed by atoms with Gasteiger partial charge in [-0.2, -0.15) is 0 Å². The maximum Gasteiger partial charge on any atom is 0.323 e. The molecule has 1 unspecified atom stereocenters. The summed E-state index contributed by atoms with van der Waals surface area (Å²) in [4.78, 5) is 14.4. The summed E-state index contributed by atoms with van der Waals surface area (Å²) in [5, 5.41) is 8.70. The van der Waals surface area contributed by atoms with E-state index >= 15 is 0 Å². The second kappa shape index (κ2) is 9.58. The Labute approximate surface area is 108 Å². The molecule has 0 aliphatic rings. The van der Waals surface area contributed by atoms with Crippen LogP contribution in [0, 0.1) is 0 Å². The van der Waals surface area contributed by atoms with Crippen LogP contribution in [0.3, 0.4) is 0 Å². The van der Waals surface area contributed by atoms with E-state index in [0.29, 0.717) is 5.84 Å². The molecule has 0 radical (unpaired) electrons. The Hall–Kier alpha value is -1.43. The van der Waals surface area contributed by atoms with Crippen LogP contribution < -0.4 is 11.5 Å². The van der Waals surface area contributed by atoms with Crippen molar-refractivity contribution in [3.8, 4) is 0 Å². The molecule has 0 spiro atoms. The topological polar surface area (TPSA) is 102 Å². The van der Waals surface area contributed by atoms with Crippen LogP contribution in [0.25, 0.3) is 0 Å². The molecule has 0 saturated heterocycles. The third-order valence-corrected chi connectivity index (χ3v) is 2.03. The van der Waals surface area contributed by atoms with Crippen molar-refractivity contribution in [1.82, 2.24) is 0 Å². The molecule has 0 bridgehead atoms. The average molecular weight is 261 g/mol. The molecule has 0 heterocycles. The van der Waals surface area contributed by atoms with Crippen molar-refractivity contribution in [2.75, 3.05) is 6.54 Å². The summed E-state index contributed by atoms with van der Waals surface area (Å²) < 4.78 is 13.1. The molecule has 0 aromatic carbocycles. The largest absolute Gasteiger partial charge is 0.480 e. The van der Waals surface area contributed by atoms with Crippen LogP contribution in [0.15, 0.2) is 16.9 Å². The number of hydrogen-bond acceptors (Lipinski definition) is 3. The van der Waals surface area contributed by atoms with Gasteiger partial charge in [-0.1, -0.05) is 13.8 Å². The second-order valence-electron chi connectivity index (χ2n) is 3.86. The van der Waals surface area contributed by atoms with Gasteiger partial charge < -0.3 is 16.6 Å². The lowest BCUT2D eigenvalue weighted by Crippen LogP contribution is -2.44. The van der Waals surface area contributed by atoms with Crippen LogP contribution in [-0.4, -0.2) is 29.0 Å². The van der Waals surface area contributed by atoms with Crippen LogP contribution in [0.2, 0.25) is 0 Å². The van der Waals surface area contributed by atoms with E-state index in [1.807, 2.05) is 13.8 Å². The molecule has 1 atom stereocenters. The lowest BCUT2D eigenvalue weighted by atomic mass is 9.97. The van der Waals surface area contributed by atoms with Crippen molar-refractivity contribution in [3.63, 3.8) is 0 Å². The number of aliphatic carboxylic acids is 1. The first kappa shape index (κ1) is 18.9. The summed E-state index contributed by atoms with van der Waals surface area (Å²) in [5.74, 6) is -1.20. The quantitative estimate of drug-likeness (QED) is 0.501. The normalized spacial score (nSPS) is 15.4. The molecule has 106 valence electrons. The summed E-state index contributed by atoms with van der Waals surface area (Å²) in [6.07, 6.45) is 1.28. The molecule has 18 heavy (non-hydrogen) atoms. The Balaban J connectivity index is 0. The number of halogens is 1. The zero-order chi connectivity index (χ0) is 14.8. The van der Waals surface area contributed by atoms with Crippen molar-refractivity contribution in [1.29, 1.82) is 0 Å². The van der Waals surface area contributed by atoms with Gasteiger partial charge in [-0.15, -0.1) is 0 Å². The number of aliphatic imine (C=N–C) groups is 1. The minimum Gasteiger partial charge on any atom is -0.480 e. The SMILES string of the molecule is CC.CC(N)=NC/C=C(/F)CCC(C)(N)C(=O)O. The van der Waals surface area contributed by atoms with Gasteiger partial charge in [-0.25, -0.2) is 4.39 Å². The molecule has 0 aromatic heterocycles. The van der Waals surface area contributed by atoms with Gasteiger partial charge in [0.05, 0.1) is 18.2 Å². The third kappa shape index (κ3) is 9.77. The molecular formula is C12H24FN3O2. The van der Waals surface area contributed by atoms with E-state index in [-0.39, 0.29) is 19.4 Å². The Kier molecular flexibility index (Phi) is 10.1. The van der Waals surface area contributed by atoms with E-state index < -0.39 is 17.3 Å². The number of rotatable bonds is 6. The maximum atomic E-state index is 13.1. The van der Waals surface area contributed by atoms with Gasteiger partial charge >= 0.3 is 5.97 Å². The van der Waals surface area contributed by atoms with E-state index in [4.69, 9.17) is 16.6 Å². The number of amidine groups is 1. The summed E-state index contributed by atoms with van der Waals surface area (Å²) in [5.41, 5.74) is 9.30. The van der Waals surface area contributed by atoms with Gasteiger partial charge in [0.2, 0.25) is 0 Å².